The van der Waals surface area contributed by atoms with Crippen molar-refractivity contribution in [1.29, 1.82) is 0 Å². The molecule has 0 unspecified atom stereocenters. The molecule has 2 aromatic carbocycles. The largest absolute Gasteiger partial charge is 0.350 e. The van der Waals surface area contributed by atoms with Gasteiger partial charge in [-0.25, -0.2) is 13.6 Å². The van der Waals surface area contributed by atoms with Crippen molar-refractivity contribution in [1.82, 2.24) is 15.5 Å². The molecule has 8 heteroatoms. The van der Waals surface area contributed by atoms with Crippen molar-refractivity contribution in [3.8, 4) is 0 Å². The summed E-state index contributed by atoms with van der Waals surface area (Å²) < 4.78 is 27.7. The third-order valence-electron chi connectivity index (χ3n) is 4.78. The van der Waals surface area contributed by atoms with E-state index < -0.39 is 41.6 Å². The number of hydrogen-bond acceptors (Lipinski definition) is 3. The van der Waals surface area contributed by atoms with Crippen LogP contribution in [0.15, 0.2) is 42.5 Å². The number of nitrogens with one attached hydrogen (secondary N) is 2. The van der Waals surface area contributed by atoms with Crippen molar-refractivity contribution >= 4 is 17.8 Å². The van der Waals surface area contributed by atoms with E-state index in [2.05, 4.69) is 10.6 Å². The van der Waals surface area contributed by atoms with E-state index in [-0.39, 0.29) is 12.1 Å². The van der Waals surface area contributed by atoms with Crippen LogP contribution in [0.25, 0.3) is 0 Å². The van der Waals surface area contributed by atoms with Crippen LogP contribution in [0, 0.1) is 18.6 Å². The van der Waals surface area contributed by atoms with Crippen molar-refractivity contribution in [3.05, 3.63) is 70.8 Å². The van der Waals surface area contributed by atoms with Gasteiger partial charge < -0.3 is 10.6 Å². The summed E-state index contributed by atoms with van der Waals surface area (Å²) in [4.78, 5) is 37.9. The van der Waals surface area contributed by atoms with Gasteiger partial charge in [-0.15, -0.1) is 0 Å². The van der Waals surface area contributed by atoms with Crippen molar-refractivity contribution in [2.75, 3.05) is 6.54 Å². The Morgan fingerprint density at radius 1 is 1.18 bits per heavy atom. The topological polar surface area (TPSA) is 78.5 Å². The lowest BCUT2D eigenvalue weighted by Gasteiger charge is -2.22. The number of benzene rings is 2. The number of aryl methyl sites for hydroxylation is 1. The van der Waals surface area contributed by atoms with Gasteiger partial charge in [-0.1, -0.05) is 24.3 Å². The molecule has 1 atom stereocenters. The van der Waals surface area contributed by atoms with Gasteiger partial charge in [-0.3, -0.25) is 14.5 Å². The van der Waals surface area contributed by atoms with Gasteiger partial charge in [-0.05, 0) is 43.2 Å². The van der Waals surface area contributed by atoms with Gasteiger partial charge in [0.25, 0.3) is 5.91 Å². The fourth-order valence-electron chi connectivity index (χ4n) is 3.11. The second-order valence-corrected chi connectivity index (χ2v) is 6.77. The summed E-state index contributed by atoms with van der Waals surface area (Å²) in [5.41, 5.74) is -0.195. The Bertz CT molecular complexity index is 963. The lowest BCUT2D eigenvalue weighted by atomic mass is 9.91. The number of imide groups is 1. The Balaban J connectivity index is 1.72. The van der Waals surface area contributed by atoms with E-state index >= 15 is 0 Å². The number of nitrogens with zero attached hydrogens (tertiary/aromatic N) is 1. The molecule has 1 aliphatic rings. The molecule has 146 valence electrons. The van der Waals surface area contributed by atoms with Crippen molar-refractivity contribution < 1.29 is 23.2 Å². The molecule has 6 nitrogen and oxygen atoms in total. The smallest absolute Gasteiger partial charge is 0.325 e. The molecular formula is C20H19F2N3O3. The highest BCUT2D eigenvalue weighted by Gasteiger charge is 2.50. The van der Waals surface area contributed by atoms with Crippen molar-refractivity contribution in [3.63, 3.8) is 0 Å². The highest BCUT2D eigenvalue weighted by Crippen LogP contribution is 2.31. The molecule has 0 bridgehead atoms. The first-order valence-corrected chi connectivity index (χ1v) is 8.63. The van der Waals surface area contributed by atoms with E-state index in [0.717, 1.165) is 29.3 Å². The maximum Gasteiger partial charge on any atom is 0.325 e. The quantitative estimate of drug-likeness (QED) is 0.773. The number of urea groups is 1. The second-order valence-electron chi connectivity index (χ2n) is 6.77. The average molecular weight is 387 g/mol. The fraction of sp³-hybridized carbons (Fsp3) is 0.250. The molecule has 0 spiro atoms. The minimum Gasteiger partial charge on any atom is -0.350 e. The van der Waals surface area contributed by atoms with Crippen LogP contribution < -0.4 is 10.6 Å². The maximum absolute atomic E-state index is 14.1. The molecule has 2 N–H and O–H groups in total. The van der Waals surface area contributed by atoms with Crippen LogP contribution >= 0.6 is 0 Å². The van der Waals surface area contributed by atoms with Gasteiger partial charge in [0.15, 0.2) is 0 Å². The van der Waals surface area contributed by atoms with Crippen LogP contribution in [0.2, 0.25) is 0 Å². The molecule has 0 aliphatic carbocycles. The third-order valence-corrected chi connectivity index (χ3v) is 4.78. The first kappa shape index (κ1) is 19.5. The first-order valence-electron chi connectivity index (χ1n) is 8.63. The van der Waals surface area contributed by atoms with Crippen LogP contribution in [0.3, 0.4) is 0 Å². The second kappa shape index (κ2) is 7.38. The molecule has 4 amide bonds. The van der Waals surface area contributed by atoms with Crippen molar-refractivity contribution in [2.24, 2.45) is 0 Å². The van der Waals surface area contributed by atoms with E-state index in [1.165, 1.54) is 6.92 Å². The van der Waals surface area contributed by atoms with Gasteiger partial charge in [0.1, 0.15) is 23.7 Å². The van der Waals surface area contributed by atoms with E-state index in [4.69, 9.17) is 0 Å². The Hall–Kier alpha value is -3.29. The lowest BCUT2D eigenvalue weighted by molar-refractivity contribution is -0.134. The molecule has 1 saturated heterocycles. The van der Waals surface area contributed by atoms with Gasteiger partial charge in [0.2, 0.25) is 5.91 Å². The molecule has 28 heavy (non-hydrogen) atoms. The van der Waals surface area contributed by atoms with Crippen LogP contribution in [0.4, 0.5) is 13.6 Å². The Labute approximate surface area is 160 Å². The summed E-state index contributed by atoms with van der Waals surface area (Å²) in [7, 11) is 0. The summed E-state index contributed by atoms with van der Waals surface area (Å²) in [6.45, 7) is 2.89. The van der Waals surface area contributed by atoms with Gasteiger partial charge in [0, 0.05) is 12.1 Å². The van der Waals surface area contributed by atoms with Crippen molar-refractivity contribution in [2.45, 2.75) is 25.9 Å². The highest BCUT2D eigenvalue weighted by molar-refractivity contribution is 6.09. The van der Waals surface area contributed by atoms with E-state index in [0.29, 0.717) is 4.90 Å². The Morgan fingerprint density at radius 3 is 2.61 bits per heavy atom. The van der Waals surface area contributed by atoms with E-state index in [9.17, 15) is 23.2 Å². The molecule has 1 aliphatic heterocycles. The van der Waals surface area contributed by atoms with Gasteiger partial charge in [0.05, 0.1) is 0 Å². The van der Waals surface area contributed by atoms with Crippen LogP contribution in [-0.2, 0) is 21.7 Å². The fourth-order valence-corrected chi connectivity index (χ4v) is 3.11. The van der Waals surface area contributed by atoms with E-state index in [1.54, 1.807) is 0 Å². The van der Waals surface area contributed by atoms with E-state index in [1.807, 2.05) is 31.2 Å². The predicted molar refractivity (Wildman–Crippen MR) is 97.0 cm³/mol. The first-order chi connectivity index (χ1) is 13.2. The standard InChI is InChI=1S/C20H19F2N3O3/c1-12-5-3-4-6-13(12)10-23-17(26)11-25-18(27)20(2,24-19(25)28)15-9-14(21)7-8-16(15)22/h3-9H,10-11H2,1-2H3,(H,23,26)(H,24,28)/t20-/m1/s1. The summed E-state index contributed by atoms with van der Waals surface area (Å²) in [6.07, 6.45) is 0. The van der Waals surface area contributed by atoms with Gasteiger partial charge >= 0.3 is 6.03 Å². The zero-order chi connectivity index (χ0) is 20.5. The molecule has 3 rings (SSSR count). The third kappa shape index (κ3) is 3.58. The minimum atomic E-state index is -1.79. The van der Waals surface area contributed by atoms with Gasteiger partial charge in [-0.2, -0.15) is 0 Å². The molecule has 2 aromatic rings. The summed E-state index contributed by atoms with van der Waals surface area (Å²) >= 11 is 0. The number of amides is 4. The molecule has 0 aromatic heterocycles. The minimum absolute atomic E-state index is 0.241. The zero-order valence-corrected chi connectivity index (χ0v) is 15.4. The number of hydrogen-bond donors (Lipinski definition) is 2. The Morgan fingerprint density at radius 2 is 1.89 bits per heavy atom. The predicted octanol–water partition coefficient (Wildman–Crippen LogP) is 2.36. The van der Waals surface area contributed by atoms with Crippen LogP contribution in [0.1, 0.15) is 23.6 Å². The monoisotopic (exact) mass is 387 g/mol. The summed E-state index contributed by atoms with van der Waals surface area (Å²) in [6, 6.07) is 9.28. The van der Waals surface area contributed by atoms with Crippen LogP contribution in [-0.4, -0.2) is 29.3 Å². The SMILES string of the molecule is Cc1ccccc1CNC(=O)CN1C(=O)N[C@](C)(c2cc(F)ccc2F)C1=O. The maximum atomic E-state index is 14.1. The van der Waals surface area contributed by atoms with Crippen LogP contribution in [0.5, 0.6) is 0 Å². The summed E-state index contributed by atoms with van der Waals surface area (Å²) in [5, 5.41) is 5.00. The molecule has 1 fully saturated rings. The lowest BCUT2D eigenvalue weighted by Crippen LogP contribution is -2.43. The zero-order valence-electron chi connectivity index (χ0n) is 15.4. The number of carbonyl (C=O) groups excluding carboxylic acids is 3. The number of rotatable bonds is 5. The molecular weight excluding hydrogens is 368 g/mol. The Kier molecular flexibility index (Phi) is 5.13. The highest BCUT2D eigenvalue weighted by atomic mass is 19.1. The molecule has 1 heterocycles. The molecule has 0 saturated carbocycles. The molecule has 0 radical (unpaired) electrons. The number of carbonyl (C=O) groups is 3. The normalized spacial score (nSPS) is 18.9. The average Bonchev–Trinajstić information content (AvgIpc) is 2.87. The number of halogens is 2. The summed E-state index contributed by atoms with van der Waals surface area (Å²) in [5.74, 6) is -2.94.